The number of nitrogens with one attached hydrogen (secondary N) is 2. The Hall–Kier alpha value is -2.08. The van der Waals surface area contributed by atoms with Crippen molar-refractivity contribution in [3.63, 3.8) is 0 Å². The van der Waals surface area contributed by atoms with Gasteiger partial charge in [0.1, 0.15) is 5.82 Å². The minimum atomic E-state index is -0.351. The number of nitrogen functional groups attached to an aromatic ring is 1. The van der Waals surface area contributed by atoms with Crippen molar-refractivity contribution in [2.45, 2.75) is 13.3 Å². The zero-order valence-electron chi connectivity index (χ0n) is 11.3. The first kappa shape index (κ1) is 13.9. The van der Waals surface area contributed by atoms with E-state index in [4.69, 9.17) is 5.73 Å². The molecule has 4 N–H and O–H groups in total. The van der Waals surface area contributed by atoms with E-state index in [9.17, 15) is 9.18 Å². The van der Waals surface area contributed by atoms with E-state index in [1.165, 1.54) is 6.07 Å². The maximum absolute atomic E-state index is 13.7. The third-order valence-corrected chi connectivity index (χ3v) is 4.04. The monoisotopic (exact) mass is 349 g/mol. The van der Waals surface area contributed by atoms with E-state index in [2.05, 4.69) is 26.6 Å². The fraction of sp³-hybridized carbons (Fsp3) is 0.133. The molecule has 0 aromatic heterocycles. The summed E-state index contributed by atoms with van der Waals surface area (Å²) in [5.41, 5.74) is 10.3. The zero-order chi connectivity index (χ0) is 15.1. The Labute approximate surface area is 129 Å². The molecule has 6 heteroatoms. The maximum atomic E-state index is 13.7. The lowest BCUT2D eigenvalue weighted by molar-refractivity contribution is -0.115. The molecule has 0 fully saturated rings. The largest absolute Gasteiger partial charge is 0.397 e. The van der Waals surface area contributed by atoms with Crippen LogP contribution >= 0.6 is 15.9 Å². The van der Waals surface area contributed by atoms with E-state index in [1.54, 1.807) is 18.2 Å². The second-order valence-electron chi connectivity index (χ2n) is 5.03. The smallest absolute Gasteiger partial charge is 0.228 e. The minimum Gasteiger partial charge on any atom is -0.397 e. The van der Waals surface area contributed by atoms with E-state index in [1.807, 2.05) is 6.92 Å². The Morgan fingerprint density at radius 1 is 1.29 bits per heavy atom. The summed E-state index contributed by atoms with van der Waals surface area (Å²) in [5.74, 6) is -0.399. The van der Waals surface area contributed by atoms with Crippen LogP contribution in [0.2, 0.25) is 0 Å². The first-order valence-electron chi connectivity index (χ1n) is 6.39. The number of benzene rings is 2. The average molecular weight is 350 g/mol. The number of hydrogen-bond donors (Lipinski definition) is 3. The minimum absolute atomic E-state index is 0.0487. The van der Waals surface area contributed by atoms with Gasteiger partial charge in [-0.05, 0) is 58.2 Å². The Morgan fingerprint density at radius 2 is 2.05 bits per heavy atom. The van der Waals surface area contributed by atoms with Gasteiger partial charge in [-0.25, -0.2) is 4.39 Å². The molecule has 2 aromatic carbocycles. The van der Waals surface area contributed by atoms with Crippen LogP contribution in [0, 0.1) is 12.7 Å². The van der Waals surface area contributed by atoms with Gasteiger partial charge < -0.3 is 16.4 Å². The summed E-state index contributed by atoms with van der Waals surface area (Å²) >= 11 is 3.15. The van der Waals surface area contributed by atoms with Crippen molar-refractivity contribution >= 4 is 44.6 Å². The van der Waals surface area contributed by atoms with Crippen LogP contribution in [0.3, 0.4) is 0 Å². The number of anilines is 4. The van der Waals surface area contributed by atoms with Crippen LogP contribution in [0.15, 0.2) is 28.7 Å². The van der Waals surface area contributed by atoms with Gasteiger partial charge in [0.2, 0.25) is 5.91 Å². The van der Waals surface area contributed by atoms with E-state index >= 15 is 0 Å². The number of aryl methyl sites for hydroxylation is 1. The standard InChI is InChI=1S/C15H13BrFN3O/c1-7-2-9(16)10(17)5-12(7)19-14-6-13-8(3-11(14)18)4-15(21)20-13/h2-3,5-6,19H,4,18H2,1H3,(H,20,21). The topological polar surface area (TPSA) is 67.1 Å². The number of nitrogens with two attached hydrogens (primary N) is 1. The number of hydrogen-bond acceptors (Lipinski definition) is 3. The van der Waals surface area contributed by atoms with E-state index in [-0.39, 0.29) is 11.7 Å². The summed E-state index contributed by atoms with van der Waals surface area (Å²) in [6.07, 6.45) is 0.339. The maximum Gasteiger partial charge on any atom is 0.228 e. The zero-order valence-corrected chi connectivity index (χ0v) is 12.8. The van der Waals surface area contributed by atoms with E-state index in [0.717, 1.165) is 16.8 Å². The van der Waals surface area contributed by atoms with Crippen molar-refractivity contribution in [3.05, 3.63) is 45.7 Å². The highest BCUT2D eigenvalue weighted by Crippen LogP contribution is 2.34. The van der Waals surface area contributed by atoms with Crippen molar-refractivity contribution in [2.75, 3.05) is 16.4 Å². The number of amides is 1. The summed E-state index contributed by atoms with van der Waals surface area (Å²) in [6.45, 7) is 1.87. The molecule has 0 aliphatic carbocycles. The molecule has 108 valence electrons. The number of carbonyl (C=O) groups is 1. The molecule has 21 heavy (non-hydrogen) atoms. The van der Waals surface area contributed by atoms with Crippen LogP contribution in [0.5, 0.6) is 0 Å². The predicted molar refractivity (Wildman–Crippen MR) is 85.3 cm³/mol. The molecule has 1 heterocycles. The summed E-state index contributed by atoms with van der Waals surface area (Å²) < 4.78 is 14.1. The lowest BCUT2D eigenvalue weighted by Crippen LogP contribution is -2.03. The molecule has 2 aromatic rings. The fourth-order valence-electron chi connectivity index (χ4n) is 2.33. The molecule has 0 atom stereocenters. The number of carbonyl (C=O) groups excluding carboxylic acids is 1. The Morgan fingerprint density at radius 3 is 2.81 bits per heavy atom. The highest BCUT2D eigenvalue weighted by molar-refractivity contribution is 9.10. The van der Waals surface area contributed by atoms with E-state index in [0.29, 0.717) is 28.0 Å². The van der Waals surface area contributed by atoms with Crippen molar-refractivity contribution in [2.24, 2.45) is 0 Å². The first-order chi connectivity index (χ1) is 9.94. The predicted octanol–water partition coefficient (Wildman–Crippen LogP) is 3.72. The Bertz CT molecular complexity index is 761. The molecule has 1 aliphatic heterocycles. The Balaban J connectivity index is 1.98. The number of fused-ring (bicyclic) bond motifs is 1. The molecule has 0 bridgehead atoms. The van der Waals surface area contributed by atoms with Crippen molar-refractivity contribution in [3.8, 4) is 0 Å². The van der Waals surface area contributed by atoms with Crippen LogP contribution < -0.4 is 16.4 Å². The van der Waals surface area contributed by atoms with Crippen LogP contribution in [0.4, 0.5) is 27.1 Å². The average Bonchev–Trinajstić information content (AvgIpc) is 2.75. The fourth-order valence-corrected chi connectivity index (χ4v) is 2.79. The van der Waals surface area contributed by atoms with Gasteiger partial charge >= 0.3 is 0 Å². The first-order valence-corrected chi connectivity index (χ1v) is 7.18. The third kappa shape index (κ3) is 2.58. The van der Waals surface area contributed by atoms with Crippen LogP contribution in [-0.4, -0.2) is 5.91 Å². The van der Waals surface area contributed by atoms with Crippen molar-refractivity contribution in [1.29, 1.82) is 0 Å². The second kappa shape index (κ2) is 5.04. The van der Waals surface area contributed by atoms with Crippen molar-refractivity contribution < 1.29 is 9.18 Å². The molecule has 0 spiro atoms. The Kier molecular flexibility index (Phi) is 3.33. The highest BCUT2D eigenvalue weighted by atomic mass is 79.9. The molecule has 0 saturated carbocycles. The molecule has 4 nitrogen and oxygen atoms in total. The van der Waals surface area contributed by atoms with Gasteiger partial charge in [-0.2, -0.15) is 0 Å². The molecule has 0 unspecified atom stereocenters. The second-order valence-corrected chi connectivity index (χ2v) is 5.88. The lowest BCUT2D eigenvalue weighted by atomic mass is 10.1. The SMILES string of the molecule is Cc1cc(Br)c(F)cc1Nc1cc2c(cc1N)CC(=O)N2. The van der Waals surface area contributed by atoms with Crippen LogP contribution in [-0.2, 0) is 11.2 Å². The normalized spacial score (nSPS) is 13.0. The van der Waals surface area contributed by atoms with Crippen LogP contribution in [0.25, 0.3) is 0 Å². The van der Waals surface area contributed by atoms with Gasteiger partial charge in [-0.3, -0.25) is 4.79 Å². The van der Waals surface area contributed by atoms with Gasteiger partial charge in [0.15, 0.2) is 0 Å². The molecule has 1 aliphatic rings. The van der Waals surface area contributed by atoms with Gasteiger partial charge in [0.05, 0.1) is 22.3 Å². The summed E-state index contributed by atoms with van der Waals surface area (Å²) in [4.78, 5) is 11.4. The number of rotatable bonds is 2. The molecular formula is C15H13BrFN3O. The molecule has 0 saturated heterocycles. The van der Waals surface area contributed by atoms with Gasteiger partial charge in [-0.1, -0.05) is 0 Å². The summed E-state index contributed by atoms with van der Waals surface area (Å²) in [6, 6.07) is 6.64. The molecule has 0 radical (unpaired) electrons. The highest BCUT2D eigenvalue weighted by Gasteiger charge is 2.19. The van der Waals surface area contributed by atoms with E-state index < -0.39 is 0 Å². The van der Waals surface area contributed by atoms with Gasteiger partial charge in [0, 0.05) is 11.4 Å². The van der Waals surface area contributed by atoms with Crippen LogP contribution in [0.1, 0.15) is 11.1 Å². The molecule has 3 rings (SSSR count). The molecule has 1 amide bonds. The van der Waals surface area contributed by atoms with Gasteiger partial charge in [0.25, 0.3) is 0 Å². The third-order valence-electron chi connectivity index (χ3n) is 3.44. The van der Waals surface area contributed by atoms with Crippen molar-refractivity contribution in [1.82, 2.24) is 0 Å². The quantitative estimate of drug-likeness (QED) is 0.724. The lowest BCUT2D eigenvalue weighted by Gasteiger charge is -2.14. The molecular weight excluding hydrogens is 337 g/mol. The van der Waals surface area contributed by atoms with Gasteiger partial charge in [-0.15, -0.1) is 0 Å². The summed E-state index contributed by atoms with van der Waals surface area (Å²) in [7, 11) is 0. The number of halogens is 2. The summed E-state index contributed by atoms with van der Waals surface area (Å²) in [5, 5.41) is 5.89.